The van der Waals surface area contributed by atoms with E-state index in [1.807, 2.05) is 31.4 Å². The zero-order chi connectivity index (χ0) is 19.1. The van der Waals surface area contributed by atoms with Crippen molar-refractivity contribution in [3.63, 3.8) is 0 Å². The predicted octanol–water partition coefficient (Wildman–Crippen LogP) is 3.35. The van der Waals surface area contributed by atoms with Gasteiger partial charge in [0, 0.05) is 44.1 Å². The van der Waals surface area contributed by atoms with Gasteiger partial charge in [0.2, 0.25) is 0 Å². The molecule has 0 saturated carbocycles. The van der Waals surface area contributed by atoms with Crippen LogP contribution in [0, 0.1) is 6.92 Å². The van der Waals surface area contributed by atoms with E-state index in [-0.39, 0.29) is 24.0 Å². The molecule has 0 spiro atoms. The molecule has 3 rings (SSSR count). The molecule has 0 aliphatic carbocycles. The number of anilines is 1. The van der Waals surface area contributed by atoms with Crippen LogP contribution in [0.4, 0.5) is 5.69 Å². The summed E-state index contributed by atoms with van der Waals surface area (Å²) in [6.07, 6.45) is 4.10. The molecule has 6 nitrogen and oxygen atoms in total. The van der Waals surface area contributed by atoms with Crippen molar-refractivity contribution in [2.75, 3.05) is 32.1 Å². The van der Waals surface area contributed by atoms with Gasteiger partial charge in [-0.15, -0.1) is 24.0 Å². The molecule has 1 aliphatic heterocycles. The van der Waals surface area contributed by atoms with Gasteiger partial charge in [-0.25, -0.2) is 0 Å². The van der Waals surface area contributed by atoms with Crippen molar-refractivity contribution < 1.29 is 4.74 Å². The number of aromatic nitrogens is 1. The first-order valence-corrected chi connectivity index (χ1v) is 9.46. The lowest BCUT2D eigenvalue weighted by Gasteiger charge is -2.35. The summed E-state index contributed by atoms with van der Waals surface area (Å²) in [5, 5.41) is 6.95. The zero-order valence-corrected chi connectivity index (χ0v) is 19.1. The number of nitrogens with one attached hydrogen (secondary N) is 2. The van der Waals surface area contributed by atoms with Crippen LogP contribution in [-0.2, 0) is 6.54 Å². The maximum absolute atomic E-state index is 5.36. The van der Waals surface area contributed by atoms with E-state index in [0.29, 0.717) is 12.6 Å². The summed E-state index contributed by atoms with van der Waals surface area (Å²) in [6.45, 7) is 4.74. The number of hydrogen-bond donors (Lipinski definition) is 2. The smallest absolute Gasteiger partial charge is 0.191 e. The van der Waals surface area contributed by atoms with Gasteiger partial charge in [0.1, 0.15) is 5.75 Å². The van der Waals surface area contributed by atoms with Gasteiger partial charge in [-0.3, -0.25) is 9.98 Å². The van der Waals surface area contributed by atoms with Crippen molar-refractivity contribution in [3.05, 3.63) is 53.9 Å². The average Bonchev–Trinajstić information content (AvgIpc) is 2.72. The minimum Gasteiger partial charge on any atom is -0.497 e. The Labute approximate surface area is 184 Å². The fraction of sp³-hybridized carbons (Fsp3) is 0.429. The third-order valence-corrected chi connectivity index (χ3v) is 4.95. The molecule has 2 N–H and O–H groups in total. The molecule has 0 bridgehead atoms. The molecule has 7 heteroatoms. The lowest BCUT2D eigenvalue weighted by atomic mass is 10.0. The van der Waals surface area contributed by atoms with Crippen LogP contribution >= 0.6 is 24.0 Å². The first kappa shape index (κ1) is 22.3. The molecule has 2 aromatic rings. The number of methoxy groups -OCH3 is 1. The first-order valence-electron chi connectivity index (χ1n) is 9.46. The summed E-state index contributed by atoms with van der Waals surface area (Å²) in [5.41, 5.74) is 3.43. The van der Waals surface area contributed by atoms with Crippen LogP contribution in [0.2, 0.25) is 0 Å². The molecule has 1 fully saturated rings. The number of benzene rings is 1. The van der Waals surface area contributed by atoms with Crippen molar-refractivity contribution in [2.24, 2.45) is 4.99 Å². The summed E-state index contributed by atoms with van der Waals surface area (Å²) < 4.78 is 5.36. The number of ether oxygens (including phenoxy) is 1. The molecular weight excluding hydrogens is 465 g/mol. The van der Waals surface area contributed by atoms with Gasteiger partial charge in [-0.05, 0) is 43.5 Å². The van der Waals surface area contributed by atoms with Crippen LogP contribution in [0.5, 0.6) is 5.75 Å². The maximum Gasteiger partial charge on any atom is 0.191 e. The molecule has 1 unspecified atom stereocenters. The lowest BCUT2D eigenvalue weighted by molar-refractivity contribution is 0.414. The van der Waals surface area contributed by atoms with Crippen LogP contribution < -0.4 is 20.3 Å². The Morgan fingerprint density at radius 1 is 1.32 bits per heavy atom. The minimum atomic E-state index is 0. The van der Waals surface area contributed by atoms with Gasteiger partial charge in [0.05, 0.1) is 19.3 Å². The van der Waals surface area contributed by atoms with Gasteiger partial charge in [-0.1, -0.05) is 12.1 Å². The highest BCUT2D eigenvalue weighted by Crippen LogP contribution is 2.24. The Balaban J connectivity index is 0.00000280. The van der Waals surface area contributed by atoms with Gasteiger partial charge < -0.3 is 20.3 Å². The second kappa shape index (κ2) is 11.1. The molecule has 0 radical (unpaired) electrons. The van der Waals surface area contributed by atoms with Crippen molar-refractivity contribution >= 4 is 35.6 Å². The van der Waals surface area contributed by atoms with Crippen LogP contribution in [0.1, 0.15) is 24.1 Å². The number of pyridine rings is 1. The lowest BCUT2D eigenvalue weighted by Crippen LogP contribution is -2.51. The number of aliphatic imine (C=N–C) groups is 1. The number of guanidine groups is 1. The van der Waals surface area contributed by atoms with Gasteiger partial charge in [-0.2, -0.15) is 0 Å². The standard InChI is InChI=1S/C21H29N5O.HI/c1-16-7-5-11-23-20(16)14-24-21(22-2)25-17-8-6-12-26(15-17)18-9-4-10-19(13-18)27-3;/h4-5,7,9-11,13,17H,6,8,12,14-15H2,1-3H3,(H2,22,24,25);1H. The number of piperidine rings is 1. The van der Waals surface area contributed by atoms with Crippen LogP contribution in [0.3, 0.4) is 0 Å². The van der Waals surface area contributed by atoms with Gasteiger partial charge in [0.15, 0.2) is 5.96 Å². The van der Waals surface area contributed by atoms with Gasteiger partial charge >= 0.3 is 0 Å². The Hall–Kier alpha value is -2.03. The number of aryl methyl sites for hydroxylation is 1. The van der Waals surface area contributed by atoms with Crippen LogP contribution in [-0.4, -0.2) is 44.2 Å². The number of halogens is 1. The fourth-order valence-electron chi connectivity index (χ4n) is 3.40. The summed E-state index contributed by atoms with van der Waals surface area (Å²) in [4.78, 5) is 11.2. The number of rotatable bonds is 5. The highest BCUT2D eigenvalue weighted by Gasteiger charge is 2.21. The first-order chi connectivity index (χ1) is 13.2. The van der Waals surface area contributed by atoms with E-state index in [9.17, 15) is 0 Å². The van der Waals surface area contributed by atoms with E-state index in [1.165, 1.54) is 11.3 Å². The van der Waals surface area contributed by atoms with Crippen molar-refractivity contribution in [1.29, 1.82) is 0 Å². The van der Waals surface area contributed by atoms with E-state index in [2.05, 4.69) is 50.6 Å². The third kappa shape index (κ3) is 5.98. The Morgan fingerprint density at radius 3 is 2.93 bits per heavy atom. The molecular formula is C21H30IN5O. The molecule has 1 atom stereocenters. The largest absolute Gasteiger partial charge is 0.497 e. The van der Waals surface area contributed by atoms with Crippen LogP contribution in [0.15, 0.2) is 47.6 Å². The molecule has 1 aliphatic rings. The molecule has 1 aromatic carbocycles. The van der Waals surface area contributed by atoms with E-state index < -0.39 is 0 Å². The van der Waals surface area contributed by atoms with E-state index in [0.717, 1.165) is 43.3 Å². The topological polar surface area (TPSA) is 61.8 Å². The molecule has 1 saturated heterocycles. The van der Waals surface area contributed by atoms with Gasteiger partial charge in [0.25, 0.3) is 0 Å². The second-order valence-corrected chi connectivity index (χ2v) is 6.82. The molecule has 0 amide bonds. The summed E-state index contributed by atoms with van der Waals surface area (Å²) in [6, 6.07) is 12.6. The van der Waals surface area contributed by atoms with E-state index in [4.69, 9.17) is 4.74 Å². The Morgan fingerprint density at radius 2 is 2.18 bits per heavy atom. The maximum atomic E-state index is 5.36. The monoisotopic (exact) mass is 495 g/mol. The summed E-state index contributed by atoms with van der Waals surface area (Å²) >= 11 is 0. The Bertz CT molecular complexity index is 783. The molecule has 28 heavy (non-hydrogen) atoms. The quantitative estimate of drug-likeness (QED) is 0.379. The highest BCUT2D eigenvalue weighted by atomic mass is 127. The SMILES string of the molecule is CN=C(NCc1ncccc1C)NC1CCCN(c2cccc(OC)c2)C1.I. The van der Waals surface area contributed by atoms with Crippen molar-refractivity contribution in [1.82, 2.24) is 15.6 Å². The van der Waals surface area contributed by atoms with Crippen LogP contribution in [0.25, 0.3) is 0 Å². The summed E-state index contributed by atoms with van der Waals surface area (Å²) in [7, 11) is 3.52. The Kier molecular flexibility index (Phi) is 8.82. The van der Waals surface area contributed by atoms with E-state index >= 15 is 0 Å². The molecule has 2 heterocycles. The van der Waals surface area contributed by atoms with Crippen molar-refractivity contribution in [3.8, 4) is 5.75 Å². The average molecular weight is 495 g/mol. The third-order valence-electron chi connectivity index (χ3n) is 4.95. The number of hydrogen-bond acceptors (Lipinski definition) is 4. The highest BCUT2D eigenvalue weighted by molar-refractivity contribution is 14.0. The minimum absolute atomic E-state index is 0. The molecule has 1 aromatic heterocycles. The summed E-state index contributed by atoms with van der Waals surface area (Å²) in [5.74, 6) is 1.71. The van der Waals surface area contributed by atoms with Crippen molar-refractivity contribution in [2.45, 2.75) is 32.4 Å². The zero-order valence-electron chi connectivity index (χ0n) is 16.8. The fourth-order valence-corrected chi connectivity index (χ4v) is 3.40. The van der Waals surface area contributed by atoms with E-state index in [1.54, 1.807) is 7.11 Å². The second-order valence-electron chi connectivity index (χ2n) is 6.82. The normalized spacial score (nSPS) is 16.9. The molecule has 152 valence electrons. The number of nitrogens with zero attached hydrogens (tertiary/aromatic N) is 3. The predicted molar refractivity (Wildman–Crippen MR) is 126 cm³/mol.